The Hall–Kier alpha value is -1.13. The summed E-state index contributed by atoms with van der Waals surface area (Å²) in [7, 11) is 0. The Morgan fingerprint density at radius 2 is 2.09 bits per heavy atom. The van der Waals surface area contributed by atoms with E-state index in [4.69, 9.17) is 11.6 Å². The Balaban J connectivity index is 1.47. The summed E-state index contributed by atoms with van der Waals surface area (Å²) in [6, 6.07) is 5.74. The highest BCUT2D eigenvalue weighted by molar-refractivity contribution is 6.31. The van der Waals surface area contributed by atoms with Gasteiger partial charge in [-0.3, -0.25) is 4.79 Å². The molecule has 3 aliphatic rings. The molecule has 2 aliphatic heterocycles. The van der Waals surface area contributed by atoms with Gasteiger partial charge in [0.1, 0.15) is 5.82 Å². The Morgan fingerprint density at radius 1 is 1.27 bits per heavy atom. The van der Waals surface area contributed by atoms with Gasteiger partial charge in [-0.2, -0.15) is 0 Å². The van der Waals surface area contributed by atoms with Crippen LogP contribution in [0, 0.1) is 11.7 Å². The summed E-state index contributed by atoms with van der Waals surface area (Å²) >= 11 is 6.12. The number of hydrogen-bond donors (Lipinski definition) is 1. The summed E-state index contributed by atoms with van der Waals surface area (Å²) in [6.07, 6.45) is 4.13. The van der Waals surface area contributed by atoms with Crippen LogP contribution in [0.2, 0.25) is 5.02 Å². The molecule has 1 saturated carbocycles. The number of rotatable bonds is 2. The van der Waals surface area contributed by atoms with Crippen LogP contribution >= 0.6 is 11.6 Å². The molecule has 2 saturated heterocycles. The van der Waals surface area contributed by atoms with Crippen molar-refractivity contribution < 1.29 is 9.18 Å². The van der Waals surface area contributed by atoms with Crippen molar-refractivity contribution in [2.75, 3.05) is 13.1 Å². The molecular weight excluding hydrogens is 303 g/mol. The van der Waals surface area contributed by atoms with Crippen molar-refractivity contribution in [2.45, 2.75) is 43.7 Å². The van der Waals surface area contributed by atoms with Crippen molar-refractivity contribution >= 4 is 17.5 Å². The third kappa shape index (κ3) is 2.52. The van der Waals surface area contributed by atoms with E-state index in [1.54, 1.807) is 12.1 Å². The Bertz CT molecular complexity index is 588. The van der Waals surface area contributed by atoms with Crippen LogP contribution in [-0.4, -0.2) is 36.0 Å². The van der Waals surface area contributed by atoms with E-state index in [0.717, 1.165) is 32.4 Å². The largest absolute Gasteiger partial charge is 0.341 e. The highest BCUT2D eigenvalue weighted by Crippen LogP contribution is 2.51. The lowest BCUT2D eigenvalue weighted by molar-refractivity contribution is -0.132. The van der Waals surface area contributed by atoms with Gasteiger partial charge in [0.05, 0.1) is 0 Å². The van der Waals surface area contributed by atoms with Crippen LogP contribution in [0.5, 0.6) is 0 Å². The number of hydrogen-bond acceptors (Lipinski definition) is 2. The molecule has 0 radical (unpaired) electrons. The maximum absolute atomic E-state index is 14.0. The molecule has 3 fully saturated rings. The molecule has 1 aromatic rings. The van der Waals surface area contributed by atoms with E-state index in [1.165, 1.54) is 12.5 Å². The van der Waals surface area contributed by atoms with E-state index < -0.39 is 0 Å². The summed E-state index contributed by atoms with van der Waals surface area (Å²) in [5.74, 6) is -0.247. The molecular formula is C17H20ClFN2O. The molecule has 118 valence electrons. The highest BCUT2D eigenvalue weighted by atomic mass is 35.5. The average molecular weight is 323 g/mol. The molecule has 4 unspecified atom stereocenters. The summed E-state index contributed by atoms with van der Waals surface area (Å²) in [5.41, 5.74) is 0.525. The van der Waals surface area contributed by atoms with Crippen LogP contribution in [0.15, 0.2) is 18.2 Å². The monoisotopic (exact) mass is 322 g/mol. The third-order valence-corrected chi connectivity index (χ3v) is 5.64. The van der Waals surface area contributed by atoms with E-state index in [-0.39, 0.29) is 23.6 Å². The zero-order valence-corrected chi connectivity index (χ0v) is 13.2. The smallest absolute Gasteiger partial charge is 0.226 e. The normalized spacial score (nSPS) is 33.6. The van der Waals surface area contributed by atoms with E-state index in [2.05, 4.69) is 5.32 Å². The Labute approximate surface area is 134 Å². The third-order valence-electron chi connectivity index (χ3n) is 5.31. The molecule has 2 bridgehead atoms. The molecule has 5 heteroatoms. The SMILES string of the molecule is O=C(C1CC1c1c(F)cccc1Cl)N1CCC2CCC(C1)N2. The molecule has 3 nitrogen and oxygen atoms in total. The van der Waals surface area contributed by atoms with E-state index in [9.17, 15) is 9.18 Å². The lowest BCUT2D eigenvalue weighted by Gasteiger charge is -2.24. The highest BCUT2D eigenvalue weighted by Gasteiger charge is 2.48. The fourth-order valence-electron chi connectivity index (χ4n) is 4.03. The predicted molar refractivity (Wildman–Crippen MR) is 83.4 cm³/mol. The zero-order valence-electron chi connectivity index (χ0n) is 12.4. The van der Waals surface area contributed by atoms with Gasteiger partial charge in [-0.05, 0) is 37.8 Å². The molecule has 1 aliphatic carbocycles. The number of carbonyl (C=O) groups excluding carboxylic acids is 1. The first-order valence-corrected chi connectivity index (χ1v) is 8.50. The molecule has 0 spiro atoms. The molecule has 4 atom stereocenters. The fourth-order valence-corrected chi connectivity index (χ4v) is 4.33. The predicted octanol–water partition coefficient (Wildman–Crippen LogP) is 2.94. The molecule has 1 aromatic carbocycles. The second-order valence-corrected chi connectivity index (χ2v) is 7.20. The number of halogens is 2. The van der Waals surface area contributed by atoms with Crippen molar-refractivity contribution in [3.05, 3.63) is 34.6 Å². The van der Waals surface area contributed by atoms with Crippen LogP contribution in [0.25, 0.3) is 0 Å². The first kappa shape index (κ1) is 14.5. The summed E-state index contributed by atoms with van der Waals surface area (Å²) in [5, 5.41) is 4.02. The lowest BCUT2D eigenvalue weighted by Crippen LogP contribution is -2.40. The van der Waals surface area contributed by atoms with Crippen LogP contribution in [0.4, 0.5) is 4.39 Å². The number of benzene rings is 1. The van der Waals surface area contributed by atoms with Gasteiger partial charge in [0, 0.05) is 47.6 Å². The molecule has 2 heterocycles. The van der Waals surface area contributed by atoms with Gasteiger partial charge < -0.3 is 10.2 Å². The standard InChI is InChI=1S/C17H20ClFN2O/c18-14-2-1-3-15(19)16(14)12-8-13(12)17(22)21-7-6-10-4-5-11(9-21)20-10/h1-3,10-13,20H,4-9H2. The van der Waals surface area contributed by atoms with Crippen LogP contribution in [0.1, 0.15) is 37.2 Å². The number of nitrogens with zero attached hydrogens (tertiary/aromatic N) is 1. The summed E-state index contributed by atoms with van der Waals surface area (Å²) < 4.78 is 14.0. The zero-order chi connectivity index (χ0) is 15.3. The molecule has 22 heavy (non-hydrogen) atoms. The number of nitrogens with one attached hydrogen (secondary N) is 1. The molecule has 1 N–H and O–H groups in total. The number of amides is 1. The van der Waals surface area contributed by atoms with Gasteiger partial charge in [0.2, 0.25) is 5.91 Å². The minimum atomic E-state index is -0.288. The number of fused-ring (bicyclic) bond motifs is 2. The van der Waals surface area contributed by atoms with Crippen molar-refractivity contribution in [3.63, 3.8) is 0 Å². The molecule has 4 rings (SSSR count). The quantitative estimate of drug-likeness (QED) is 0.908. The molecule has 0 aromatic heterocycles. The van der Waals surface area contributed by atoms with Crippen molar-refractivity contribution in [2.24, 2.45) is 5.92 Å². The minimum absolute atomic E-state index is 0.0467. The fraction of sp³-hybridized carbons (Fsp3) is 0.588. The number of likely N-dealkylation sites (tertiary alicyclic amines) is 1. The summed E-state index contributed by atoms with van der Waals surface area (Å²) in [4.78, 5) is 14.7. The van der Waals surface area contributed by atoms with Crippen molar-refractivity contribution in [1.82, 2.24) is 10.2 Å². The maximum atomic E-state index is 14.0. The summed E-state index contributed by atoms with van der Waals surface area (Å²) in [6.45, 7) is 1.62. The maximum Gasteiger partial charge on any atom is 0.226 e. The van der Waals surface area contributed by atoms with Gasteiger partial charge in [-0.15, -0.1) is 0 Å². The Kier molecular flexibility index (Phi) is 3.61. The topological polar surface area (TPSA) is 32.3 Å². The van der Waals surface area contributed by atoms with Crippen molar-refractivity contribution in [1.29, 1.82) is 0 Å². The average Bonchev–Trinajstić information content (AvgIpc) is 3.16. The first-order valence-electron chi connectivity index (χ1n) is 8.12. The first-order chi connectivity index (χ1) is 10.6. The van der Waals surface area contributed by atoms with Gasteiger partial charge in [0.15, 0.2) is 0 Å². The van der Waals surface area contributed by atoms with Gasteiger partial charge in [-0.1, -0.05) is 17.7 Å². The lowest BCUT2D eigenvalue weighted by atomic mass is 10.1. The Morgan fingerprint density at radius 3 is 2.91 bits per heavy atom. The van der Waals surface area contributed by atoms with E-state index in [1.807, 2.05) is 4.90 Å². The van der Waals surface area contributed by atoms with Crippen LogP contribution < -0.4 is 5.32 Å². The molecule has 1 amide bonds. The van der Waals surface area contributed by atoms with Gasteiger partial charge >= 0.3 is 0 Å². The van der Waals surface area contributed by atoms with Gasteiger partial charge in [0.25, 0.3) is 0 Å². The van der Waals surface area contributed by atoms with Crippen LogP contribution in [0.3, 0.4) is 0 Å². The second kappa shape index (κ2) is 5.50. The minimum Gasteiger partial charge on any atom is -0.341 e. The second-order valence-electron chi connectivity index (χ2n) is 6.79. The van der Waals surface area contributed by atoms with Crippen LogP contribution in [-0.2, 0) is 4.79 Å². The van der Waals surface area contributed by atoms with E-state index in [0.29, 0.717) is 22.7 Å². The van der Waals surface area contributed by atoms with E-state index >= 15 is 0 Å². The van der Waals surface area contributed by atoms with Crippen molar-refractivity contribution in [3.8, 4) is 0 Å². The van der Waals surface area contributed by atoms with Gasteiger partial charge in [-0.25, -0.2) is 4.39 Å². The number of carbonyl (C=O) groups is 1.